The molecule has 0 atom stereocenters. The number of rotatable bonds is 5. The summed E-state index contributed by atoms with van der Waals surface area (Å²) in [6.07, 6.45) is 0. The van der Waals surface area contributed by atoms with Crippen molar-refractivity contribution in [2.24, 2.45) is 0 Å². The average Bonchev–Trinajstić information content (AvgIpc) is 3.47. The first-order valence-corrected chi connectivity index (χ1v) is 17.1. The zero-order chi connectivity index (χ0) is 27.6. The van der Waals surface area contributed by atoms with Gasteiger partial charge in [-0.3, -0.25) is 0 Å². The Kier molecular flexibility index (Phi) is 5.38. The zero-order valence-electron chi connectivity index (χ0n) is 22.1. The number of hydrogen-bond acceptors (Lipinski definition) is 3. The van der Waals surface area contributed by atoms with E-state index in [1.165, 1.54) is 0 Å². The molecular weight excluding hydrogens is 540 g/mol. The van der Waals surface area contributed by atoms with Crippen LogP contribution in [0.15, 0.2) is 152 Å². The molecule has 0 fully saturated rings. The highest BCUT2D eigenvalue weighted by molar-refractivity contribution is 7.90. The van der Waals surface area contributed by atoms with E-state index in [1.807, 2.05) is 121 Å². The summed E-state index contributed by atoms with van der Waals surface area (Å²) < 4.78 is 30.9. The van der Waals surface area contributed by atoms with Gasteiger partial charge in [0.2, 0.25) is 0 Å². The van der Waals surface area contributed by atoms with Crippen molar-refractivity contribution < 1.29 is 9.13 Å². The SMILES string of the molecule is O=P1(c2ccccc2)c2cccc3c2-c2c1cccc2P3(=O)c1ccccc1N(c1ccccc1)c1ccccc1. The highest BCUT2D eigenvalue weighted by atomic mass is 31.2. The molecule has 2 aliphatic heterocycles. The summed E-state index contributed by atoms with van der Waals surface area (Å²) in [5, 5.41) is 4.73. The van der Waals surface area contributed by atoms with Crippen molar-refractivity contribution in [3.05, 3.63) is 152 Å². The van der Waals surface area contributed by atoms with Gasteiger partial charge in [0.15, 0.2) is 14.3 Å². The molecule has 0 amide bonds. The minimum atomic E-state index is -3.33. The molecule has 5 heteroatoms. The molecule has 0 radical (unpaired) electrons. The summed E-state index contributed by atoms with van der Waals surface area (Å²) >= 11 is 0. The van der Waals surface area contributed by atoms with Gasteiger partial charge in [0, 0.05) is 54.3 Å². The molecule has 0 spiro atoms. The molecule has 6 aromatic carbocycles. The maximum Gasteiger partial charge on any atom is 0.174 e. The monoisotopic (exact) mass is 565 g/mol. The van der Waals surface area contributed by atoms with E-state index in [0.29, 0.717) is 0 Å². The second kappa shape index (κ2) is 9.05. The number of benzene rings is 6. The molecule has 8 rings (SSSR count). The molecule has 196 valence electrons. The van der Waals surface area contributed by atoms with Crippen LogP contribution in [0, 0.1) is 0 Å². The molecule has 2 heterocycles. The van der Waals surface area contributed by atoms with Gasteiger partial charge in [0.05, 0.1) is 5.69 Å². The van der Waals surface area contributed by atoms with E-state index in [2.05, 4.69) is 35.2 Å². The second-order valence-corrected chi connectivity index (χ2v) is 15.8. The van der Waals surface area contributed by atoms with Crippen LogP contribution >= 0.6 is 14.3 Å². The third kappa shape index (κ3) is 3.28. The van der Waals surface area contributed by atoms with Crippen LogP contribution in [-0.2, 0) is 9.13 Å². The lowest BCUT2D eigenvalue weighted by Crippen LogP contribution is -2.30. The predicted molar refractivity (Wildman–Crippen MR) is 172 cm³/mol. The van der Waals surface area contributed by atoms with Gasteiger partial charge in [-0.05, 0) is 36.4 Å². The van der Waals surface area contributed by atoms with Crippen molar-refractivity contribution in [2.75, 3.05) is 4.90 Å². The summed E-state index contributed by atoms with van der Waals surface area (Å²) in [4.78, 5) is 2.18. The van der Waals surface area contributed by atoms with Crippen LogP contribution in [0.1, 0.15) is 0 Å². The van der Waals surface area contributed by atoms with Crippen LogP contribution in [0.4, 0.5) is 17.1 Å². The minimum Gasteiger partial charge on any atom is -0.310 e. The fourth-order valence-corrected chi connectivity index (χ4v) is 13.1. The second-order valence-electron chi connectivity index (χ2n) is 10.4. The molecule has 0 saturated heterocycles. The quantitative estimate of drug-likeness (QED) is 0.217. The number of anilines is 3. The van der Waals surface area contributed by atoms with Gasteiger partial charge >= 0.3 is 0 Å². The van der Waals surface area contributed by atoms with Gasteiger partial charge in [-0.2, -0.15) is 0 Å². The molecule has 2 aliphatic rings. The summed E-state index contributed by atoms with van der Waals surface area (Å²) in [6, 6.07) is 49.9. The summed E-state index contributed by atoms with van der Waals surface area (Å²) in [6.45, 7) is 0. The molecule has 0 saturated carbocycles. The van der Waals surface area contributed by atoms with Crippen LogP contribution in [0.25, 0.3) is 11.1 Å². The molecule has 41 heavy (non-hydrogen) atoms. The van der Waals surface area contributed by atoms with E-state index in [4.69, 9.17) is 0 Å². The fourth-order valence-electron chi connectivity index (χ4n) is 6.55. The highest BCUT2D eigenvalue weighted by Gasteiger charge is 2.52. The molecule has 0 N–H and O–H groups in total. The Morgan fingerprint density at radius 2 is 0.756 bits per heavy atom. The lowest BCUT2D eigenvalue weighted by Gasteiger charge is -2.30. The van der Waals surface area contributed by atoms with E-state index in [0.717, 1.165) is 60.0 Å². The summed E-state index contributed by atoms with van der Waals surface area (Å²) in [7, 11) is -6.43. The van der Waals surface area contributed by atoms with Crippen LogP contribution in [0.2, 0.25) is 0 Å². The zero-order valence-corrected chi connectivity index (χ0v) is 23.9. The van der Waals surface area contributed by atoms with E-state index >= 15 is 9.13 Å². The average molecular weight is 566 g/mol. The molecular formula is C36H25NO2P2. The van der Waals surface area contributed by atoms with Crippen LogP contribution in [-0.4, -0.2) is 0 Å². The van der Waals surface area contributed by atoms with Gasteiger partial charge in [0.25, 0.3) is 0 Å². The Morgan fingerprint density at radius 1 is 0.366 bits per heavy atom. The third-order valence-corrected chi connectivity index (χ3v) is 14.5. The van der Waals surface area contributed by atoms with Crippen LogP contribution in [0.3, 0.4) is 0 Å². The molecule has 0 unspecified atom stereocenters. The van der Waals surface area contributed by atoms with Crippen molar-refractivity contribution in [1.29, 1.82) is 0 Å². The molecule has 3 nitrogen and oxygen atoms in total. The van der Waals surface area contributed by atoms with Gasteiger partial charge < -0.3 is 14.0 Å². The topological polar surface area (TPSA) is 37.4 Å². The molecule has 6 aromatic rings. The Hall–Kier alpha value is -4.42. The maximum absolute atomic E-state index is 15.9. The highest BCUT2D eigenvalue weighted by Crippen LogP contribution is 2.61. The van der Waals surface area contributed by atoms with Crippen molar-refractivity contribution in [2.45, 2.75) is 0 Å². The van der Waals surface area contributed by atoms with Crippen molar-refractivity contribution >= 4 is 63.2 Å². The van der Waals surface area contributed by atoms with E-state index in [1.54, 1.807) is 0 Å². The Labute approximate surface area is 239 Å². The van der Waals surface area contributed by atoms with Crippen LogP contribution < -0.4 is 36.7 Å². The smallest absolute Gasteiger partial charge is 0.174 e. The van der Waals surface area contributed by atoms with E-state index in [-0.39, 0.29) is 0 Å². The Balaban J connectivity index is 1.42. The van der Waals surface area contributed by atoms with Crippen LogP contribution in [0.5, 0.6) is 0 Å². The van der Waals surface area contributed by atoms with Gasteiger partial charge in [-0.15, -0.1) is 0 Å². The normalized spacial score (nSPS) is 14.9. The van der Waals surface area contributed by atoms with Gasteiger partial charge in [-0.25, -0.2) is 0 Å². The van der Waals surface area contributed by atoms with E-state index < -0.39 is 14.3 Å². The number of nitrogens with zero attached hydrogens (tertiary/aromatic N) is 1. The Morgan fingerprint density at radius 3 is 1.27 bits per heavy atom. The minimum absolute atomic E-state index is 0.776. The van der Waals surface area contributed by atoms with Crippen molar-refractivity contribution in [3.63, 3.8) is 0 Å². The fraction of sp³-hybridized carbons (Fsp3) is 0. The first-order chi connectivity index (χ1) is 20.1. The third-order valence-electron chi connectivity index (χ3n) is 8.26. The van der Waals surface area contributed by atoms with E-state index in [9.17, 15) is 0 Å². The molecule has 0 bridgehead atoms. The molecule has 0 aliphatic carbocycles. The maximum atomic E-state index is 15.9. The van der Waals surface area contributed by atoms with Crippen molar-refractivity contribution in [3.8, 4) is 11.1 Å². The number of para-hydroxylation sites is 3. The van der Waals surface area contributed by atoms with Gasteiger partial charge in [0.1, 0.15) is 0 Å². The first kappa shape index (κ1) is 24.4. The summed E-state index contributed by atoms with van der Waals surface area (Å²) in [5.41, 5.74) is 4.64. The summed E-state index contributed by atoms with van der Waals surface area (Å²) in [5.74, 6) is 0. The Bertz CT molecular complexity index is 1960. The largest absolute Gasteiger partial charge is 0.310 e. The van der Waals surface area contributed by atoms with Gasteiger partial charge in [-0.1, -0.05) is 115 Å². The lowest BCUT2D eigenvalue weighted by molar-refractivity contribution is 0.593. The predicted octanol–water partition coefficient (Wildman–Crippen LogP) is 6.73. The number of hydrogen-bond donors (Lipinski definition) is 0. The standard InChI is InChI=1S/C36H25NO2P2/c38-40(28-18-8-3-9-19-28)31-22-12-24-33-35(31)36-32(40)23-13-25-34(36)41(33,39)30-21-11-10-20-29(30)37(26-14-4-1-5-15-26)27-16-6-2-7-17-27/h1-25H. The first-order valence-electron chi connectivity index (χ1n) is 13.7. The molecule has 0 aromatic heterocycles. The van der Waals surface area contributed by atoms with Crippen molar-refractivity contribution in [1.82, 2.24) is 0 Å². The lowest BCUT2D eigenvalue weighted by atomic mass is 10.1.